The number of rotatable bonds is 6. The van der Waals surface area contributed by atoms with E-state index in [2.05, 4.69) is 14.6 Å². The smallest absolute Gasteiger partial charge is 0.387 e. The van der Waals surface area contributed by atoms with Gasteiger partial charge in [-0.25, -0.2) is 15.0 Å². The van der Waals surface area contributed by atoms with Crippen LogP contribution in [-0.4, -0.2) is 58.8 Å². The van der Waals surface area contributed by atoms with Crippen molar-refractivity contribution < 1.29 is 18.3 Å². The highest BCUT2D eigenvalue weighted by atomic mass is 19.3. The minimum Gasteiger partial charge on any atom is -0.431 e. The molecule has 0 spiro atoms. The van der Waals surface area contributed by atoms with Crippen molar-refractivity contribution in [2.45, 2.75) is 50.2 Å². The van der Waals surface area contributed by atoms with Gasteiger partial charge in [-0.05, 0) is 49.7 Å². The topological polar surface area (TPSA) is 86.4 Å². The van der Waals surface area contributed by atoms with E-state index in [0.717, 1.165) is 50.7 Å². The predicted molar refractivity (Wildman–Crippen MR) is 113 cm³/mol. The second kappa shape index (κ2) is 7.88. The molecular weight excluding hydrogens is 416 g/mol. The van der Waals surface area contributed by atoms with Crippen LogP contribution in [-0.2, 0) is 4.74 Å². The molecule has 3 saturated carbocycles. The first kappa shape index (κ1) is 20.2. The van der Waals surface area contributed by atoms with Crippen molar-refractivity contribution in [3.63, 3.8) is 0 Å². The number of hydrogen-bond acceptors (Lipinski definition) is 7. The van der Waals surface area contributed by atoms with Crippen molar-refractivity contribution in [3.8, 4) is 17.0 Å². The highest BCUT2D eigenvalue weighted by molar-refractivity contribution is 5.64. The number of anilines is 1. The lowest BCUT2D eigenvalue weighted by Crippen LogP contribution is -2.43. The van der Waals surface area contributed by atoms with Crippen LogP contribution in [0.1, 0.15) is 49.0 Å². The highest BCUT2D eigenvalue weighted by Crippen LogP contribution is 2.63. The van der Waals surface area contributed by atoms with Gasteiger partial charge in [-0.1, -0.05) is 0 Å². The molecule has 1 unspecified atom stereocenters. The maximum absolute atomic E-state index is 12.7. The quantitative estimate of drug-likeness (QED) is 0.732. The van der Waals surface area contributed by atoms with Gasteiger partial charge in [-0.3, -0.25) is 4.90 Å². The van der Waals surface area contributed by atoms with Gasteiger partial charge in [0.1, 0.15) is 5.82 Å². The van der Waals surface area contributed by atoms with Crippen LogP contribution in [0.5, 0.6) is 5.75 Å². The molecule has 7 nitrogen and oxygen atoms in total. The predicted octanol–water partition coefficient (Wildman–Crippen LogP) is 3.42. The summed E-state index contributed by atoms with van der Waals surface area (Å²) in [6.07, 6.45) is 6.18. The van der Waals surface area contributed by atoms with Gasteiger partial charge in [-0.15, -0.1) is 0 Å². The number of aromatic nitrogens is 3. The molecule has 0 bridgehead atoms. The Kier molecular flexibility index (Phi) is 4.98. The number of fused-ring (bicyclic) bond motifs is 1. The summed E-state index contributed by atoms with van der Waals surface area (Å²) in [5.41, 5.74) is 8.13. The summed E-state index contributed by atoms with van der Waals surface area (Å²) in [5.74, 6) is 2.87. The zero-order valence-corrected chi connectivity index (χ0v) is 17.8. The van der Waals surface area contributed by atoms with Crippen LogP contribution in [0.2, 0.25) is 0 Å². The SMILES string of the molecule is Nc1ncc(-c2cc([C@H]3[C@@H]4CC(N5CCOCC5)C[C@@H]43)nc(C3CC3)n2)cc1OC(F)F. The fourth-order valence-electron chi connectivity index (χ4n) is 5.61. The van der Waals surface area contributed by atoms with Gasteiger partial charge in [0, 0.05) is 48.4 Å². The molecule has 6 rings (SSSR count). The summed E-state index contributed by atoms with van der Waals surface area (Å²) in [7, 11) is 0. The Morgan fingerprint density at radius 2 is 1.84 bits per heavy atom. The lowest BCUT2D eigenvalue weighted by Gasteiger charge is -2.33. The zero-order chi connectivity index (χ0) is 21.8. The molecule has 32 heavy (non-hydrogen) atoms. The van der Waals surface area contributed by atoms with E-state index in [1.54, 1.807) is 6.20 Å². The summed E-state index contributed by atoms with van der Waals surface area (Å²) < 4.78 is 35.5. The molecule has 0 aromatic carbocycles. The Labute approximate surface area is 185 Å². The molecule has 170 valence electrons. The number of morpholine rings is 1. The maximum Gasteiger partial charge on any atom is 0.387 e. The van der Waals surface area contributed by atoms with Crippen LogP contribution in [0.15, 0.2) is 18.3 Å². The van der Waals surface area contributed by atoms with Crippen LogP contribution >= 0.6 is 0 Å². The zero-order valence-electron chi connectivity index (χ0n) is 17.8. The molecule has 4 aliphatic rings. The van der Waals surface area contributed by atoms with E-state index >= 15 is 0 Å². The van der Waals surface area contributed by atoms with Crippen molar-refractivity contribution in [3.05, 3.63) is 29.8 Å². The lowest BCUT2D eigenvalue weighted by atomic mass is 10.0. The van der Waals surface area contributed by atoms with E-state index in [9.17, 15) is 8.78 Å². The van der Waals surface area contributed by atoms with Gasteiger partial charge in [0.2, 0.25) is 0 Å². The first-order chi connectivity index (χ1) is 15.6. The molecule has 3 heterocycles. The van der Waals surface area contributed by atoms with Gasteiger partial charge in [-0.2, -0.15) is 8.78 Å². The first-order valence-corrected chi connectivity index (χ1v) is 11.5. The van der Waals surface area contributed by atoms with E-state index in [0.29, 0.717) is 41.0 Å². The van der Waals surface area contributed by atoms with E-state index in [1.165, 1.54) is 18.9 Å². The summed E-state index contributed by atoms with van der Waals surface area (Å²) in [4.78, 5) is 16.3. The lowest BCUT2D eigenvalue weighted by molar-refractivity contribution is -0.0494. The molecule has 0 radical (unpaired) electrons. The molecule has 1 aliphatic heterocycles. The Morgan fingerprint density at radius 1 is 1.09 bits per heavy atom. The van der Waals surface area contributed by atoms with Gasteiger partial charge in [0.25, 0.3) is 0 Å². The number of nitrogens with zero attached hydrogens (tertiary/aromatic N) is 4. The molecule has 3 aliphatic carbocycles. The molecule has 2 N–H and O–H groups in total. The third-order valence-corrected chi connectivity index (χ3v) is 7.42. The number of pyridine rings is 1. The number of hydrogen-bond donors (Lipinski definition) is 1. The largest absolute Gasteiger partial charge is 0.431 e. The Bertz CT molecular complexity index is 1000. The molecule has 4 fully saturated rings. The van der Waals surface area contributed by atoms with E-state index in [1.807, 2.05) is 6.07 Å². The van der Waals surface area contributed by atoms with E-state index in [-0.39, 0.29) is 11.6 Å². The first-order valence-electron chi connectivity index (χ1n) is 11.5. The maximum atomic E-state index is 12.7. The van der Waals surface area contributed by atoms with Gasteiger partial charge in [0.05, 0.1) is 18.9 Å². The monoisotopic (exact) mass is 443 g/mol. The van der Waals surface area contributed by atoms with Crippen molar-refractivity contribution >= 4 is 5.82 Å². The average Bonchev–Trinajstić information content (AvgIpc) is 3.72. The number of alkyl halides is 2. The Balaban J connectivity index is 1.25. The Morgan fingerprint density at radius 3 is 2.53 bits per heavy atom. The van der Waals surface area contributed by atoms with Crippen LogP contribution in [0, 0.1) is 11.8 Å². The van der Waals surface area contributed by atoms with Crippen molar-refractivity contribution in [1.29, 1.82) is 0 Å². The minimum atomic E-state index is -2.96. The van der Waals surface area contributed by atoms with E-state index in [4.69, 9.17) is 20.4 Å². The molecule has 2 aromatic rings. The summed E-state index contributed by atoms with van der Waals surface area (Å²) in [6.45, 7) is 0.781. The molecule has 0 amide bonds. The summed E-state index contributed by atoms with van der Waals surface area (Å²) in [5, 5.41) is 0. The van der Waals surface area contributed by atoms with Crippen molar-refractivity contribution in [1.82, 2.24) is 19.9 Å². The normalized spacial score (nSPS) is 29.8. The third-order valence-electron chi connectivity index (χ3n) is 7.42. The molecular formula is C23H27F2N5O2. The fourth-order valence-corrected chi connectivity index (χ4v) is 5.61. The number of halogens is 2. The van der Waals surface area contributed by atoms with Gasteiger partial charge >= 0.3 is 6.61 Å². The second-order valence-corrected chi connectivity index (χ2v) is 9.42. The molecule has 9 heteroatoms. The minimum absolute atomic E-state index is 0.0587. The van der Waals surface area contributed by atoms with Gasteiger partial charge < -0.3 is 15.2 Å². The van der Waals surface area contributed by atoms with Crippen LogP contribution in [0.25, 0.3) is 11.3 Å². The second-order valence-electron chi connectivity index (χ2n) is 9.42. The Hall–Kier alpha value is -2.39. The van der Waals surface area contributed by atoms with Crippen molar-refractivity contribution in [2.75, 3.05) is 32.0 Å². The fraction of sp³-hybridized carbons (Fsp3) is 0.609. The van der Waals surface area contributed by atoms with Crippen LogP contribution in [0.4, 0.5) is 14.6 Å². The van der Waals surface area contributed by atoms with E-state index < -0.39 is 6.61 Å². The summed E-state index contributed by atoms with van der Waals surface area (Å²) >= 11 is 0. The molecule has 4 atom stereocenters. The molecule has 1 saturated heterocycles. The number of nitrogen functional groups attached to an aromatic ring is 1. The number of ether oxygens (including phenoxy) is 2. The average molecular weight is 443 g/mol. The summed E-state index contributed by atoms with van der Waals surface area (Å²) in [6, 6.07) is 4.17. The molecule has 2 aromatic heterocycles. The third kappa shape index (κ3) is 3.81. The van der Waals surface area contributed by atoms with Crippen LogP contribution in [0.3, 0.4) is 0 Å². The van der Waals surface area contributed by atoms with Gasteiger partial charge in [0.15, 0.2) is 11.6 Å². The standard InChI is InChI=1S/C23H27F2N5O2/c24-23(25)32-19-7-13(11-27-21(19)26)17-10-18(29-22(28-17)12-1-2-12)20-15-8-14(9-16(15)20)30-3-5-31-6-4-30/h7,10-12,14-16,20,23H,1-6,8-9H2,(H2,26,27)/t14?,15-,16+,20+. The number of nitrogens with two attached hydrogens (primary N) is 1. The van der Waals surface area contributed by atoms with Crippen LogP contribution < -0.4 is 10.5 Å². The highest BCUT2D eigenvalue weighted by Gasteiger charge is 2.58. The van der Waals surface area contributed by atoms with Crippen molar-refractivity contribution in [2.24, 2.45) is 11.8 Å².